The predicted octanol–water partition coefficient (Wildman–Crippen LogP) is -0.517. The van der Waals surface area contributed by atoms with Gasteiger partial charge in [-0.2, -0.15) is 0 Å². The van der Waals surface area contributed by atoms with Gasteiger partial charge in [-0.05, 0) is 20.3 Å². The molecule has 2 heterocycles. The molecule has 0 aliphatic carbocycles. The molecule has 8 heteroatoms. The number of carbonyl (C=O) groups excluding carboxylic acids is 2. The van der Waals surface area contributed by atoms with Gasteiger partial charge in [-0.15, -0.1) is 0 Å². The summed E-state index contributed by atoms with van der Waals surface area (Å²) >= 11 is 0. The molecule has 1 aromatic rings. The number of aromatic nitrogens is 2. The van der Waals surface area contributed by atoms with E-state index in [1.165, 1.54) is 6.20 Å². The van der Waals surface area contributed by atoms with Crippen LogP contribution in [-0.4, -0.2) is 53.7 Å². The van der Waals surface area contributed by atoms with E-state index in [-0.39, 0.29) is 24.7 Å². The van der Waals surface area contributed by atoms with Crippen LogP contribution < -0.4 is 11.1 Å². The molecule has 120 valence electrons. The summed E-state index contributed by atoms with van der Waals surface area (Å²) in [6, 6.07) is -0.346. The third-order valence-electron chi connectivity index (χ3n) is 3.39. The largest absolute Gasteiger partial charge is 0.379 e. The van der Waals surface area contributed by atoms with Crippen molar-refractivity contribution >= 4 is 11.8 Å². The van der Waals surface area contributed by atoms with Gasteiger partial charge in [-0.3, -0.25) is 9.59 Å². The van der Waals surface area contributed by atoms with Crippen molar-refractivity contribution in [3.63, 3.8) is 0 Å². The van der Waals surface area contributed by atoms with E-state index >= 15 is 0 Å². The van der Waals surface area contributed by atoms with Crippen LogP contribution in [0.1, 0.15) is 28.3 Å². The number of carbonyl (C=O) groups is 2. The van der Waals surface area contributed by atoms with E-state index in [0.29, 0.717) is 36.7 Å². The van der Waals surface area contributed by atoms with Crippen LogP contribution in [0.5, 0.6) is 0 Å². The highest BCUT2D eigenvalue weighted by Crippen LogP contribution is 2.13. The summed E-state index contributed by atoms with van der Waals surface area (Å²) in [5.41, 5.74) is 6.10. The molecule has 8 nitrogen and oxygen atoms in total. The summed E-state index contributed by atoms with van der Waals surface area (Å²) in [5.74, 6) is -0.224. The van der Waals surface area contributed by atoms with Crippen molar-refractivity contribution in [1.29, 1.82) is 0 Å². The van der Waals surface area contributed by atoms with Gasteiger partial charge < -0.3 is 20.5 Å². The summed E-state index contributed by atoms with van der Waals surface area (Å²) in [6.07, 6.45) is 1.77. The zero-order valence-corrected chi connectivity index (χ0v) is 12.7. The van der Waals surface area contributed by atoms with Crippen molar-refractivity contribution in [1.82, 2.24) is 15.3 Å². The Bertz CT molecular complexity index is 564. The number of aryl methyl sites for hydroxylation is 2. The standard InChI is InChI=1S/C14H20N4O4/c1-8-10(5-16-9(2)17-8)14(20)18-11-6-21-4-3-12(11)22-7-13(15)19/h5,11-12H,3-4,6-7H2,1-2H3,(H2,15,19)(H,18,20)/t11-,12+/m1/s1. The van der Waals surface area contributed by atoms with Crippen molar-refractivity contribution < 1.29 is 19.1 Å². The third-order valence-corrected chi connectivity index (χ3v) is 3.39. The highest BCUT2D eigenvalue weighted by atomic mass is 16.5. The van der Waals surface area contributed by atoms with E-state index in [1.807, 2.05) is 0 Å². The van der Waals surface area contributed by atoms with Gasteiger partial charge in [-0.1, -0.05) is 0 Å². The van der Waals surface area contributed by atoms with E-state index in [0.717, 1.165) is 0 Å². The monoisotopic (exact) mass is 308 g/mol. The Morgan fingerprint density at radius 2 is 2.27 bits per heavy atom. The number of nitrogens with one attached hydrogen (secondary N) is 1. The minimum absolute atomic E-state index is 0.177. The molecule has 0 bridgehead atoms. The summed E-state index contributed by atoms with van der Waals surface area (Å²) in [7, 11) is 0. The third kappa shape index (κ3) is 4.22. The molecule has 0 unspecified atom stereocenters. The van der Waals surface area contributed by atoms with Crippen LogP contribution in [0.3, 0.4) is 0 Å². The summed E-state index contributed by atoms with van der Waals surface area (Å²) in [5, 5.41) is 2.85. The lowest BCUT2D eigenvalue weighted by Crippen LogP contribution is -2.51. The second-order valence-electron chi connectivity index (χ2n) is 5.18. The number of amides is 2. The molecule has 1 aromatic heterocycles. The highest BCUT2D eigenvalue weighted by Gasteiger charge is 2.29. The molecule has 1 fully saturated rings. The van der Waals surface area contributed by atoms with Crippen LogP contribution in [0, 0.1) is 13.8 Å². The molecular formula is C14H20N4O4. The van der Waals surface area contributed by atoms with E-state index in [1.54, 1.807) is 13.8 Å². The van der Waals surface area contributed by atoms with E-state index in [2.05, 4.69) is 15.3 Å². The zero-order chi connectivity index (χ0) is 16.1. The fourth-order valence-corrected chi connectivity index (χ4v) is 2.29. The van der Waals surface area contributed by atoms with Crippen LogP contribution in [0.25, 0.3) is 0 Å². The van der Waals surface area contributed by atoms with Crippen molar-refractivity contribution in [3.05, 3.63) is 23.3 Å². The Labute approximate surface area is 128 Å². The Kier molecular flexibility index (Phi) is 5.40. The average Bonchev–Trinajstić information content (AvgIpc) is 2.46. The van der Waals surface area contributed by atoms with E-state index in [9.17, 15) is 9.59 Å². The molecule has 0 radical (unpaired) electrons. The first-order valence-corrected chi connectivity index (χ1v) is 7.06. The molecule has 0 aromatic carbocycles. The topological polar surface area (TPSA) is 116 Å². The molecular weight excluding hydrogens is 288 g/mol. The Hall–Kier alpha value is -2.06. The van der Waals surface area contributed by atoms with Gasteiger partial charge in [0, 0.05) is 12.8 Å². The van der Waals surface area contributed by atoms with Crippen LogP contribution >= 0.6 is 0 Å². The summed E-state index contributed by atoms with van der Waals surface area (Å²) in [6.45, 7) is 4.17. The molecule has 2 atom stereocenters. The molecule has 0 saturated carbocycles. The van der Waals surface area contributed by atoms with Gasteiger partial charge in [0.15, 0.2) is 0 Å². The maximum absolute atomic E-state index is 12.3. The Balaban J connectivity index is 2.02. The first kappa shape index (κ1) is 16.3. The molecule has 3 N–H and O–H groups in total. The number of primary amides is 1. The minimum atomic E-state index is -0.542. The molecule has 1 aliphatic rings. The van der Waals surface area contributed by atoms with Gasteiger partial charge in [0.05, 0.1) is 30.0 Å². The quantitative estimate of drug-likeness (QED) is 0.756. The maximum atomic E-state index is 12.3. The van der Waals surface area contributed by atoms with Crippen molar-refractivity contribution in [2.45, 2.75) is 32.4 Å². The van der Waals surface area contributed by atoms with Crippen LogP contribution in [0.2, 0.25) is 0 Å². The fraction of sp³-hybridized carbons (Fsp3) is 0.571. The van der Waals surface area contributed by atoms with Gasteiger partial charge >= 0.3 is 0 Å². The van der Waals surface area contributed by atoms with Gasteiger partial charge in [0.1, 0.15) is 12.4 Å². The lowest BCUT2D eigenvalue weighted by atomic mass is 10.1. The van der Waals surface area contributed by atoms with Crippen LogP contribution in [0.4, 0.5) is 0 Å². The zero-order valence-electron chi connectivity index (χ0n) is 12.7. The molecule has 1 saturated heterocycles. The van der Waals surface area contributed by atoms with E-state index in [4.69, 9.17) is 15.2 Å². The lowest BCUT2D eigenvalue weighted by Gasteiger charge is -2.31. The van der Waals surface area contributed by atoms with E-state index < -0.39 is 5.91 Å². The number of hydrogen-bond acceptors (Lipinski definition) is 6. The van der Waals surface area contributed by atoms with Gasteiger partial charge in [0.2, 0.25) is 5.91 Å². The number of hydrogen-bond donors (Lipinski definition) is 2. The van der Waals surface area contributed by atoms with Crippen molar-refractivity contribution in [3.8, 4) is 0 Å². The van der Waals surface area contributed by atoms with Crippen molar-refractivity contribution in [2.75, 3.05) is 19.8 Å². The predicted molar refractivity (Wildman–Crippen MR) is 77.1 cm³/mol. The summed E-state index contributed by atoms with van der Waals surface area (Å²) < 4.78 is 10.8. The number of ether oxygens (including phenoxy) is 2. The molecule has 2 amide bonds. The second-order valence-corrected chi connectivity index (χ2v) is 5.18. The number of nitrogens with zero attached hydrogens (tertiary/aromatic N) is 2. The maximum Gasteiger partial charge on any atom is 0.255 e. The first-order chi connectivity index (χ1) is 10.5. The number of rotatable bonds is 5. The second kappa shape index (κ2) is 7.28. The molecule has 0 spiro atoms. The smallest absolute Gasteiger partial charge is 0.255 e. The number of nitrogens with two attached hydrogens (primary N) is 1. The highest BCUT2D eigenvalue weighted by molar-refractivity contribution is 5.95. The molecule has 1 aliphatic heterocycles. The minimum Gasteiger partial charge on any atom is -0.379 e. The average molecular weight is 308 g/mol. The SMILES string of the molecule is Cc1ncc(C(=O)N[C@@H]2COCC[C@@H]2OCC(N)=O)c(C)n1. The normalized spacial score (nSPS) is 21.4. The lowest BCUT2D eigenvalue weighted by molar-refractivity contribution is -0.128. The van der Waals surface area contributed by atoms with Gasteiger partial charge in [-0.25, -0.2) is 9.97 Å². The molecule has 22 heavy (non-hydrogen) atoms. The van der Waals surface area contributed by atoms with Gasteiger partial charge in [0.25, 0.3) is 5.91 Å². The van der Waals surface area contributed by atoms with Crippen molar-refractivity contribution in [2.24, 2.45) is 5.73 Å². The molecule has 2 rings (SSSR count). The fourth-order valence-electron chi connectivity index (χ4n) is 2.29. The summed E-state index contributed by atoms with van der Waals surface area (Å²) in [4.78, 5) is 31.4. The Morgan fingerprint density at radius 1 is 1.50 bits per heavy atom. The Morgan fingerprint density at radius 3 is 2.95 bits per heavy atom. The van der Waals surface area contributed by atoms with Crippen LogP contribution in [0.15, 0.2) is 6.20 Å². The first-order valence-electron chi connectivity index (χ1n) is 7.06. The van der Waals surface area contributed by atoms with Crippen LogP contribution in [-0.2, 0) is 14.3 Å².